The first kappa shape index (κ1) is 20.5. The highest BCUT2D eigenvalue weighted by atomic mass is 16.6. The fourth-order valence-electron chi connectivity index (χ4n) is 4.15. The van der Waals surface area contributed by atoms with E-state index in [0.717, 1.165) is 6.54 Å². The summed E-state index contributed by atoms with van der Waals surface area (Å²) in [6.07, 6.45) is 8.62. The van der Waals surface area contributed by atoms with Crippen LogP contribution in [0.1, 0.15) is 72.6 Å². The number of likely N-dealkylation sites (tertiary alicyclic amines) is 1. The van der Waals surface area contributed by atoms with Gasteiger partial charge in [-0.25, -0.2) is 4.79 Å². The van der Waals surface area contributed by atoms with E-state index in [1.54, 1.807) is 0 Å². The third-order valence-electron chi connectivity index (χ3n) is 5.74. The number of rotatable bonds is 5. The molecule has 1 saturated carbocycles. The molecule has 2 fully saturated rings. The van der Waals surface area contributed by atoms with Gasteiger partial charge >= 0.3 is 6.09 Å². The second-order valence-electron chi connectivity index (χ2n) is 9.10. The van der Waals surface area contributed by atoms with Gasteiger partial charge in [-0.05, 0) is 72.9 Å². The molecule has 0 aromatic heterocycles. The number of amides is 1. The van der Waals surface area contributed by atoms with Gasteiger partial charge in [0.2, 0.25) is 0 Å². The van der Waals surface area contributed by atoms with Crippen molar-refractivity contribution in [1.82, 2.24) is 15.5 Å². The molecule has 5 heteroatoms. The lowest BCUT2D eigenvalue weighted by atomic mass is 9.83. The molecular weight excluding hydrogens is 314 g/mol. The van der Waals surface area contributed by atoms with Crippen LogP contribution >= 0.6 is 0 Å². The maximum absolute atomic E-state index is 12.1. The minimum Gasteiger partial charge on any atom is -0.444 e. The lowest BCUT2D eigenvalue weighted by Gasteiger charge is -2.40. The molecule has 1 saturated heterocycles. The number of ether oxygens (including phenoxy) is 1. The van der Waals surface area contributed by atoms with Crippen molar-refractivity contribution in [2.75, 3.05) is 20.1 Å². The van der Waals surface area contributed by atoms with Crippen LogP contribution in [0, 0.1) is 5.92 Å². The zero-order chi connectivity index (χ0) is 18.4. The minimum atomic E-state index is -0.443. The van der Waals surface area contributed by atoms with Crippen molar-refractivity contribution in [2.45, 2.75) is 96.4 Å². The Hall–Kier alpha value is -0.810. The monoisotopic (exact) mass is 353 g/mol. The molecule has 2 N–H and O–H groups in total. The van der Waals surface area contributed by atoms with E-state index in [1.807, 2.05) is 20.8 Å². The van der Waals surface area contributed by atoms with Crippen LogP contribution in [0.3, 0.4) is 0 Å². The van der Waals surface area contributed by atoms with E-state index >= 15 is 0 Å². The van der Waals surface area contributed by atoms with Crippen molar-refractivity contribution in [3.8, 4) is 0 Å². The van der Waals surface area contributed by atoms with Gasteiger partial charge in [-0.3, -0.25) is 0 Å². The molecule has 0 spiro atoms. The van der Waals surface area contributed by atoms with E-state index in [-0.39, 0.29) is 6.09 Å². The van der Waals surface area contributed by atoms with Gasteiger partial charge in [0, 0.05) is 24.7 Å². The lowest BCUT2D eigenvalue weighted by molar-refractivity contribution is 0.0511. The Morgan fingerprint density at radius 1 is 1.20 bits per heavy atom. The van der Waals surface area contributed by atoms with E-state index < -0.39 is 5.60 Å². The normalized spacial score (nSPS) is 27.7. The molecule has 1 aliphatic heterocycles. The summed E-state index contributed by atoms with van der Waals surface area (Å²) >= 11 is 0. The summed E-state index contributed by atoms with van der Waals surface area (Å²) in [7, 11) is 2.21. The summed E-state index contributed by atoms with van der Waals surface area (Å²) in [4.78, 5) is 14.5. The zero-order valence-electron chi connectivity index (χ0n) is 16.9. The summed E-state index contributed by atoms with van der Waals surface area (Å²) in [6, 6.07) is 1.53. The van der Waals surface area contributed by atoms with Crippen LogP contribution in [0.5, 0.6) is 0 Å². The third-order valence-corrected chi connectivity index (χ3v) is 5.74. The molecule has 0 aromatic carbocycles. The number of nitrogens with one attached hydrogen (secondary N) is 2. The summed E-state index contributed by atoms with van der Waals surface area (Å²) in [5.74, 6) is 0.665. The summed E-state index contributed by atoms with van der Waals surface area (Å²) < 4.78 is 5.41. The van der Waals surface area contributed by atoms with Crippen LogP contribution in [-0.4, -0.2) is 54.9 Å². The highest BCUT2D eigenvalue weighted by molar-refractivity contribution is 5.67. The number of alkyl carbamates (subject to hydrolysis) is 1. The van der Waals surface area contributed by atoms with Gasteiger partial charge in [-0.15, -0.1) is 0 Å². The molecule has 3 unspecified atom stereocenters. The number of piperidine rings is 1. The first-order valence-electron chi connectivity index (χ1n) is 10.2. The highest BCUT2D eigenvalue weighted by Gasteiger charge is 2.29. The van der Waals surface area contributed by atoms with Crippen molar-refractivity contribution in [3.63, 3.8) is 0 Å². The molecule has 0 aromatic rings. The average Bonchev–Trinajstić information content (AvgIpc) is 2.54. The SMILES string of the molecule is CC1CC(NC(CNC(=O)OC(C)(C)C)C2CCCCC2)CCN1C. The van der Waals surface area contributed by atoms with Crippen LogP contribution in [0.4, 0.5) is 4.79 Å². The van der Waals surface area contributed by atoms with Crippen LogP contribution in [-0.2, 0) is 4.74 Å². The molecule has 2 rings (SSSR count). The molecule has 0 bridgehead atoms. The van der Waals surface area contributed by atoms with E-state index in [9.17, 15) is 4.79 Å². The van der Waals surface area contributed by atoms with Crippen molar-refractivity contribution < 1.29 is 9.53 Å². The van der Waals surface area contributed by atoms with Crippen LogP contribution in [0.15, 0.2) is 0 Å². The van der Waals surface area contributed by atoms with Crippen molar-refractivity contribution in [3.05, 3.63) is 0 Å². The summed E-state index contributed by atoms with van der Waals surface area (Å²) in [5.41, 5.74) is -0.443. The van der Waals surface area contributed by atoms with Gasteiger partial charge in [-0.2, -0.15) is 0 Å². The Balaban J connectivity index is 1.90. The molecule has 0 radical (unpaired) electrons. The third kappa shape index (κ3) is 7.14. The van der Waals surface area contributed by atoms with E-state index in [4.69, 9.17) is 4.74 Å². The zero-order valence-corrected chi connectivity index (χ0v) is 16.9. The van der Waals surface area contributed by atoms with E-state index in [0.29, 0.717) is 30.6 Å². The number of hydrogen-bond donors (Lipinski definition) is 2. The van der Waals surface area contributed by atoms with E-state index in [1.165, 1.54) is 44.9 Å². The Labute approximate surface area is 154 Å². The summed E-state index contributed by atoms with van der Waals surface area (Å²) in [5, 5.41) is 6.91. The van der Waals surface area contributed by atoms with E-state index in [2.05, 4.69) is 29.5 Å². The predicted molar refractivity (Wildman–Crippen MR) is 103 cm³/mol. The summed E-state index contributed by atoms with van der Waals surface area (Å²) in [6.45, 7) is 9.84. The second kappa shape index (κ2) is 9.22. The maximum Gasteiger partial charge on any atom is 0.407 e. The molecule has 146 valence electrons. The molecular formula is C20H39N3O2. The predicted octanol–water partition coefficient (Wildman–Crippen LogP) is 3.53. The Kier molecular flexibility index (Phi) is 7.56. The Bertz CT molecular complexity index is 416. The van der Waals surface area contributed by atoms with Crippen LogP contribution < -0.4 is 10.6 Å². The first-order valence-corrected chi connectivity index (χ1v) is 10.2. The fourth-order valence-corrected chi connectivity index (χ4v) is 4.15. The van der Waals surface area contributed by atoms with Crippen molar-refractivity contribution in [1.29, 1.82) is 0 Å². The maximum atomic E-state index is 12.1. The van der Waals surface area contributed by atoms with Crippen LogP contribution in [0.2, 0.25) is 0 Å². The number of nitrogens with zero attached hydrogens (tertiary/aromatic N) is 1. The standard InChI is InChI=1S/C20H39N3O2/c1-15-13-17(11-12-23(15)5)22-18(16-9-7-6-8-10-16)14-21-19(24)25-20(2,3)4/h15-18,22H,6-14H2,1-5H3,(H,21,24). The molecule has 3 atom stereocenters. The lowest BCUT2D eigenvalue weighted by Crippen LogP contribution is -2.54. The number of hydrogen-bond acceptors (Lipinski definition) is 4. The van der Waals surface area contributed by atoms with Gasteiger partial charge < -0.3 is 20.3 Å². The van der Waals surface area contributed by atoms with Gasteiger partial charge in [-0.1, -0.05) is 19.3 Å². The van der Waals surface area contributed by atoms with Crippen molar-refractivity contribution in [2.24, 2.45) is 5.92 Å². The fraction of sp³-hybridized carbons (Fsp3) is 0.950. The number of carbonyl (C=O) groups excluding carboxylic acids is 1. The van der Waals surface area contributed by atoms with Crippen molar-refractivity contribution >= 4 is 6.09 Å². The molecule has 25 heavy (non-hydrogen) atoms. The van der Waals surface area contributed by atoms with Gasteiger partial charge in [0.15, 0.2) is 0 Å². The highest BCUT2D eigenvalue weighted by Crippen LogP contribution is 2.27. The largest absolute Gasteiger partial charge is 0.444 e. The Morgan fingerprint density at radius 3 is 2.48 bits per heavy atom. The second-order valence-corrected chi connectivity index (χ2v) is 9.10. The Morgan fingerprint density at radius 2 is 1.88 bits per heavy atom. The number of carbonyl (C=O) groups is 1. The molecule has 1 amide bonds. The molecule has 1 heterocycles. The minimum absolute atomic E-state index is 0.299. The smallest absolute Gasteiger partial charge is 0.407 e. The average molecular weight is 354 g/mol. The van der Waals surface area contributed by atoms with Gasteiger partial charge in [0.05, 0.1) is 0 Å². The van der Waals surface area contributed by atoms with Gasteiger partial charge in [0.25, 0.3) is 0 Å². The topological polar surface area (TPSA) is 53.6 Å². The van der Waals surface area contributed by atoms with Crippen LogP contribution in [0.25, 0.3) is 0 Å². The molecule has 5 nitrogen and oxygen atoms in total. The van der Waals surface area contributed by atoms with Gasteiger partial charge in [0.1, 0.15) is 5.60 Å². The molecule has 1 aliphatic carbocycles. The molecule has 2 aliphatic rings. The first-order chi connectivity index (χ1) is 11.7. The quantitative estimate of drug-likeness (QED) is 0.794.